The topological polar surface area (TPSA) is 78.9 Å². The number of esters is 3. The third kappa shape index (κ3) is 57.2. The molecule has 6 nitrogen and oxygen atoms in total. The fourth-order valence-corrected chi connectivity index (χ4v) is 8.32. The third-order valence-corrected chi connectivity index (χ3v) is 12.8. The molecular weight excluding hydrogens is 889 g/mol. The van der Waals surface area contributed by atoms with Crippen LogP contribution in [0, 0.1) is 0 Å². The van der Waals surface area contributed by atoms with E-state index in [0.29, 0.717) is 19.3 Å². The number of hydrogen-bond acceptors (Lipinski definition) is 6. The second-order valence-electron chi connectivity index (χ2n) is 19.9. The summed E-state index contributed by atoms with van der Waals surface area (Å²) in [5, 5.41) is 0. The monoisotopic (exact) mass is 1000 g/mol. The van der Waals surface area contributed by atoms with Crippen molar-refractivity contribution < 1.29 is 28.6 Å². The first-order valence-corrected chi connectivity index (χ1v) is 30.2. The molecule has 0 heterocycles. The van der Waals surface area contributed by atoms with Crippen LogP contribution in [-0.2, 0) is 28.6 Å². The first kappa shape index (κ1) is 68.3. The van der Waals surface area contributed by atoms with Gasteiger partial charge in [-0.1, -0.05) is 272 Å². The summed E-state index contributed by atoms with van der Waals surface area (Å²) in [6.07, 6.45) is 79.8. The maximum absolute atomic E-state index is 12.9. The summed E-state index contributed by atoms with van der Waals surface area (Å²) >= 11 is 0. The van der Waals surface area contributed by atoms with Gasteiger partial charge in [0.2, 0.25) is 0 Å². The van der Waals surface area contributed by atoms with E-state index in [9.17, 15) is 14.4 Å². The van der Waals surface area contributed by atoms with Crippen molar-refractivity contribution in [3.05, 3.63) is 97.2 Å². The van der Waals surface area contributed by atoms with Crippen molar-refractivity contribution in [1.29, 1.82) is 0 Å². The molecule has 0 saturated heterocycles. The van der Waals surface area contributed by atoms with Gasteiger partial charge < -0.3 is 14.2 Å². The molecule has 0 rings (SSSR count). The molecule has 0 N–H and O–H groups in total. The van der Waals surface area contributed by atoms with Crippen molar-refractivity contribution in [1.82, 2.24) is 0 Å². The van der Waals surface area contributed by atoms with E-state index in [-0.39, 0.29) is 37.5 Å². The second kappa shape index (κ2) is 59.9. The lowest BCUT2D eigenvalue weighted by Gasteiger charge is -2.18. The number of carbonyl (C=O) groups excluding carboxylic acids is 3. The van der Waals surface area contributed by atoms with E-state index in [4.69, 9.17) is 14.2 Å². The van der Waals surface area contributed by atoms with Gasteiger partial charge in [-0.05, 0) is 89.9 Å². The van der Waals surface area contributed by atoms with Crippen molar-refractivity contribution in [2.24, 2.45) is 0 Å². The van der Waals surface area contributed by atoms with Crippen molar-refractivity contribution >= 4 is 17.9 Å². The van der Waals surface area contributed by atoms with Gasteiger partial charge in [-0.15, -0.1) is 0 Å². The van der Waals surface area contributed by atoms with Crippen LogP contribution in [0.15, 0.2) is 97.2 Å². The Bertz CT molecular complexity index is 1430. The molecule has 1 atom stereocenters. The molecule has 0 aliphatic carbocycles. The number of carbonyl (C=O) groups is 3. The predicted octanol–water partition coefficient (Wildman–Crippen LogP) is 20.5. The summed E-state index contributed by atoms with van der Waals surface area (Å²) < 4.78 is 16.8. The Balaban J connectivity index is 4.49. The fourth-order valence-electron chi connectivity index (χ4n) is 8.32. The summed E-state index contributed by atoms with van der Waals surface area (Å²) in [5.74, 6) is -0.984. The lowest BCUT2D eigenvalue weighted by molar-refractivity contribution is -0.166. The standard InChI is InChI=1S/C66H112O6/c1-4-7-10-13-16-19-22-25-28-31-33-35-38-41-44-47-50-53-56-59-65(68)71-62-63(61-70-64(67)58-55-52-49-46-43-40-37-30-27-24-21-18-15-12-9-6-3)72-66(69)60-57-54-51-48-45-42-39-36-34-32-29-26-23-20-17-14-11-8-5-2/h7,10,16-17,19-20,25-26,28-29,33,35,41,44,50,53,63H,4-6,8-9,11-15,18,21-24,27,30-32,34,36-40,42-43,45-49,51-52,54-62H2,1-3H3/b10-7-,19-16-,20-17-,28-25-,29-26-,35-33-,44-41-,53-50-. The zero-order valence-corrected chi connectivity index (χ0v) is 47.2. The Morgan fingerprint density at radius 2 is 0.569 bits per heavy atom. The van der Waals surface area contributed by atoms with Gasteiger partial charge in [0, 0.05) is 19.3 Å². The Kier molecular flexibility index (Phi) is 56.8. The van der Waals surface area contributed by atoms with Crippen LogP contribution in [0.1, 0.15) is 284 Å². The number of rotatable bonds is 54. The summed E-state index contributed by atoms with van der Waals surface area (Å²) in [6, 6.07) is 0. The zero-order valence-electron chi connectivity index (χ0n) is 47.2. The molecule has 0 aromatic carbocycles. The minimum absolute atomic E-state index is 0.101. The number of allylic oxidation sites excluding steroid dienone is 16. The number of unbranched alkanes of at least 4 members (excludes halogenated alkanes) is 27. The molecule has 0 radical (unpaired) electrons. The Morgan fingerprint density at radius 3 is 0.958 bits per heavy atom. The highest BCUT2D eigenvalue weighted by Crippen LogP contribution is 2.16. The molecule has 0 saturated carbocycles. The van der Waals surface area contributed by atoms with Gasteiger partial charge in [-0.3, -0.25) is 14.4 Å². The first-order valence-electron chi connectivity index (χ1n) is 30.2. The van der Waals surface area contributed by atoms with Gasteiger partial charge in [0.15, 0.2) is 6.10 Å². The predicted molar refractivity (Wildman–Crippen MR) is 311 cm³/mol. The van der Waals surface area contributed by atoms with E-state index in [2.05, 4.69) is 112 Å². The highest BCUT2D eigenvalue weighted by molar-refractivity contribution is 5.71. The van der Waals surface area contributed by atoms with E-state index in [1.165, 1.54) is 154 Å². The zero-order chi connectivity index (χ0) is 52.2. The van der Waals surface area contributed by atoms with Gasteiger partial charge in [0.1, 0.15) is 13.2 Å². The number of hydrogen-bond donors (Lipinski definition) is 0. The van der Waals surface area contributed by atoms with Gasteiger partial charge in [0.05, 0.1) is 0 Å². The second-order valence-corrected chi connectivity index (χ2v) is 19.9. The largest absolute Gasteiger partial charge is 0.462 e. The molecule has 6 heteroatoms. The van der Waals surface area contributed by atoms with Crippen LogP contribution in [0.2, 0.25) is 0 Å². The minimum atomic E-state index is -0.810. The van der Waals surface area contributed by atoms with E-state index < -0.39 is 6.10 Å². The van der Waals surface area contributed by atoms with Crippen LogP contribution < -0.4 is 0 Å². The van der Waals surface area contributed by atoms with E-state index >= 15 is 0 Å². The van der Waals surface area contributed by atoms with Crippen LogP contribution in [-0.4, -0.2) is 37.2 Å². The molecule has 1 unspecified atom stereocenters. The summed E-state index contributed by atoms with van der Waals surface area (Å²) in [5.41, 5.74) is 0. The molecule has 412 valence electrons. The van der Waals surface area contributed by atoms with Crippen LogP contribution in [0.3, 0.4) is 0 Å². The van der Waals surface area contributed by atoms with E-state index in [1.54, 1.807) is 0 Å². The van der Waals surface area contributed by atoms with Gasteiger partial charge in [0.25, 0.3) is 0 Å². The van der Waals surface area contributed by atoms with Crippen molar-refractivity contribution in [2.75, 3.05) is 13.2 Å². The quantitative estimate of drug-likeness (QED) is 0.0261. The third-order valence-electron chi connectivity index (χ3n) is 12.8. The van der Waals surface area contributed by atoms with Gasteiger partial charge in [-0.25, -0.2) is 0 Å². The molecular formula is C66H112O6. The van der Waals surface area contributed by atoms with Crippen LogP contribution in [0.4, 0.5) is 0 Å². The molecule has 0 aliphatic rings. The molecule has 0 spiro atoms. The fraction of sp³-hybridized carbons (Fsp3) is 0.712. The first-order chi connectivity index (χ1) is 35.5. The summed E-state index contributed by atoms with van der Waals surface area (Å²) in [6.45, 7) is 6.46. The highest BCUT2D eigenvalue weighted by atomic mass is 16.6. The van der Waals surface area contributed by atoms with E-state index in [1.807, 2.05) is 6.08 Å². The number of ether oxygens (including phenoxy) is 3. The average Bonchev–Trinajstić information content (AvgIpc) is 3.38. The lowest BCUT2D eigenvalue weighted by atomic mass is 10.0. The molecule has 0 bridgehead atoms. The molecule has 0 fully saturated rings. The maximum atomic E-state index is 12.9. The Labute approximate surface area is 445 Å². The van der Waals surface area contributed by atoms with E-state index in [0.717, 1.165) is 83.5 Å². The summed E-state index contributed by atoms with van der Waals surface area (Å²) in [7, 11) is 0. The Hall–Kier alpha value is -3.67. The molecule has 72 heavy (non-hydrogen) atoms. The lowest BCUT2D eigenvalue weighted by Crippen LogP contribution is -2.30. The summed E-state index contributed by atoms with van der Waals surface area (Å²) in [4.78, 5) is 38.2. The van der Waals surface area contributed by atoms with Gasteiger partial charge >= 0.3 is 17.9 Å². The molecule has 0 amide bonds. The Morgan fingerprint density at radius 1 is 0.292 bits per heavy atom. The SMILES string of the molecule is CC/C=C\C/C=C\C/C=C\C/C=C\C/C=C\C/C=C\CCC(=O)OCC(COC(=O)CCCCCCCCCCCCCCCCCC)OC(=O)CCCCCCCCCCC/C=C\C/C=C\CCCCC. The van der Waals surface area contributed by atoms with Crippen LogP contribution >= 0.6 is 0 Å². The minimum Gasteiger partial charge on any atom is -0.462 e. The van der Waals surface area contributed by atoms with Crippen LogP contribution in [0.25, 0.3) is 0 Å². The van der Waals surface area contributed by atoms with Crippen molar-refractivity contribution in [2.45, 2.75) is 290 Å². The van der Waals surface area contributed by atoms with Gasteiger partial charge in [-0.2, -0.15) is 0 Å². The average molecular weight is 1000 g/mol. The smallest absolute Gasteiger partial charge is 0.306 e. The molecule has 0 aliphatic heterocycles. The van der Waals surface area contributed by atoms with Crippen LogP contribution in [0.5, 0.6) is 0 Å². The molecule has 0 aromatic rings. The highest BCUT2D eigenvalue weighted by Gasteiger charge is 2.19. The normalized spacial score (nSPS) is 12.8. The van der Waals surface area contributed by atoms with Crippen molar-refractivity contribution in [3.63, 3.8) is 0 Å². The van der Waals surface area contributed by atoms with Crippen molar-refractivity contribution in [3.8, 4) is 0 Å². The maximum Gasteiger partial charge on any atom is 0.306 e. The molecule has 0 aromatic heterocycles.